The average Bonchev–Trinajstić information content (AvgIpc) is 2.52. The van der Waals surface area contributed by atoms with E-state index < -0.39 is 0 Å². The molecule has 0 atom stereocenters. The molecule has 0 spiro atoms. The number of halogens is 1. The Morgan fingerprint density at radius 1 is 1.10 bits per heavy atom. The van der Waals surface area contributed by atoms with Crippen molar-refractivity contribution >= 4 is 32.5 Å². The van der Waals surface area contributed by atoms with Crippen molar-refractivity contribution in [1.29, 1.82) is 0 Å². The quantitative estimate of drug-likeness (QED) is 0.758. The van der Waals surface area contributed by atoms with Crippen LogP contribution in [0.5, 0.6) is 11.6 Å². The number of nitrogens with zero attached hydrogens (tertiary/aromatic N) is 2. The van der Waals surface area contributed by atoms with Gasteiger partial charge >= 0.3 is 0 Å². The smallest absolute Gasteiger partial charge is 0.227 e. The Hall–Kier alpha value is -2.14. The van der Waals surface area contributed by atoms with Crippen LogP contribution in [0.25, 0.3) is 10.8 Å². The first-order chi connectivity index (χ1) is 10.2. The highest BCUT2D eigenvalue weighted by molar-refractivity contribution is 9.10. The number of hydrogen-bond donors (Lipinski definition) is 1. The molecule has 0 amide bonds. The topological polar surface area (TPSA) is 47.0 Å². The van der Waals surface area contributed by atoms with Gasteiger partial charge in [-0.15, -0.1) is 0 Å². The van der Waals surface area contributed by atoms with E-state index in [2.05, 4.69) is 43.3 Å². The van der Waals surface area contributed by atoms with Gasteiger partial charge in [-0.05, 0) is 39.7 Å². The minimum absolute atomic E-state index is 0.547. The molecule has 0 bridgehead atoms. The summed E-state index contributed by atoms with van der Waals surface area (Å²) in [4.78, 5) is 8.37. The molecule has 0 aliphatic rings. The normalized spacial score (nSPS) is 10.6. The van der Waals surface area contributed by atoms with Crippen molar-refractivity contribution in [1.82, 2.24) is 9.97 Å². The summed E-state index contributed by atoms with van der Waals surface area (Å²) in [7, 11) is 1.82. The molecule has 4 nitrogen and oxygen atoms in total. The monoisotopic (exact) mass is 343 g/mol. The molecule has 1 N–H and O–H groups in total. The largest absolute Gasteiger partial charge is 0.437 e. The van der Waals surface area contributed by atoms with Crippen LogP contribution in [0.1, 0.15) is 5.56 Å². The van der Waals surface area contributed by atoms with Gasteiger partial charge in [0, 0.05) is 7.05 Å². The van der Waals surface area contributed by atoms with Gasteiger partial charge in [-0.3, -0.25) is 0 Å². The van der Waals surface area contributed by atoms with Crippen molar-refractivity contribution in [3.63, 3.8) is 0 Å². The molecule has 3 rings (SSSR count). The van der Waals surface area contributed by atoms with Crippen molar-refractivity contribution in [2.75, 3.05) is 12.4 Å². The van der Waals surface area contributed by atoms with Crippen LogP contribution in [0.3, 0.4) is 0 Å². The van der Waals surface area contributed by atoms with Crippen LogP contribution in [0.15, 0.2) is 47.2 Å². The number of anilines is 1. The van der Waals surface area contributed by atoms with E-state index in [0.29, 0.717) is 5.88 Å². The van der Waals surface area contributed by atoms with Crippen LogP contribution in [0.4, 0.5) is 5.82 Å². The number of nitrogens with one attached hydrogen (secondary N) is 1. The van der Waals surface area contributed by atoms with Crippen molar-refractivity contribution in [3.8, 4) is 11.6 Å². The van der Waals surface area contributed by atoms with Gasteiger partial charge in [0.2, 0.25) is 5.88 Å². The maximum atomic E-state index is 5.95. The second-order valence-corrected chi connectivity index (χ2v) is 5.40. The van der Waals surface area contributed by atoms with Gasteiger partial charge in [0.25, 0.3) is 0 Å². The molecule has 0 fully saturated rings. The average molecular weight is 344 g/mol. The lowest BCUT2D eigenvalue weighted by Crippen LogP contribution is -2.00. The first-order valence-electron chi connectivity index (χ1n) is 6.55. The molecule has 106 valence electrons. The summed E-state index contributed by atoms with van der Waals surface area (Å²) in [6, 6.07) is 12.1. The molecule has 3 aromatic rings. The lowest BCUT2D eigenvalue weighted by atomic mass is 10.1. The third-order valence-corrected chi connectivity index (χ3v) is 4.13. The highest BCUT2D eigenvalue weighted by Crippen LogP contribution is 2.36. The molecule has 1 heterocycles. The number of hydrogen-bond acceptors (Lipinski definition) is 4. The maximum Gasteiger partial charge on any atom is 0.227 e. The Morgan fingerprint density at radius 3 is 2.71 bits per heavy atom. The van der Waals surface area contributed by atoms with Gasteiger partial charge in [0.1, 0.15) is 17.9 Å². The highest BCUT2D eigenvalue weighted by atomic mass is 79.9. The summed E-state index contributed by atoms with van der Waals surface area (Å²) in [5.41, 5.74) is 0.875. The summed E-state index contributed by atoms with van der Waals surface area (Å²) in [5.74, 6) is 2.04. The van der Waals surface area contributed by atoms with Crippen molar-refractivity contribution < 1.29 is 4.74 Å². The third-order valence-electron chi connectivity index (χ3n) is 3.31. The zero-order chi connectivity index (χ0) is 14.8. The molecule has 0 unspecified atom stereocenters. The first kappa shape index (κ1) is 13.8. The Bertz CT molecular complexity index is 805. The van der Waals surface area contributed by atoms with Crippen molar-refractivity contribution in [2.45, 2.75) is 6.92 Å². The summed E-state index contributed by atoms with van der Waals surface area (Å²) in [6.45, 7) is 1.93. The second-order valence-electron chi connectivity index (χ2n) is 4.60. The fourth-order valence-electron chi connectivity index (χ4n) is 2.19. The van der Waals surface area contributed by atoms with Crippen LogP contribution in [-0.2, 0) is 0 Å². The number of benzene rings is 2. The van der Waals surface area contributed by atoms with Gasteiger partial charge in [-0.2, -0.15) is 0 Å². The minimum Gasteiger partial charge on any atom is -0.437 e. The van der Waals surface area contributed by atoms with E-state index in [1.165, 1.54) is 6.33 Å². The molecule has 0 radical (unpaired) electrons. The molecule has 2 aromatic carbocycles. The van der Waals surface area contributed by atoms with Crippen molar-refractivity contribution in [2.24, 2.45) is 0 Å². The van der Waals surface area contributed by atoms with E-state index in [0.717, 1.165) is 32.4 Å². The molecule has 5 heteroatoms. The van der Waals surface area contributed by atoms with Gasteiger partial charge in [-0.25, -0.2) is 9.97 Å². The fourth-order valence-corrected chi connectivity index (χ4v) is 2.76. The Morgan fingerprint density at radius 2 is 1.90 bits per heavy atom. The van der Waals surface area contributed by atoms with Gasteiger partial charge < -0.3 is 10.1 Å². The van der Waals surface area contributed by atoms with Gasteiger partial charge in [0.05, 0.1) is 10.0 Å². The zero-order valence-electron chi connectivity index (χ0n) is 11.7. The van der Waals surface area contributed by atoms with Crippen LogP contribution in [0, 0.1) is 6.92 Å². The standard InChI is InChI=1S/C16H14BrN3O/c1-10-15(18-2)19-9-20-16(10)21-13-8-7-11-5-3-4-6-12(11)14(13)17/h3-9H,1-2H3,(H,18,19,20). The van der Waals surface area contributed by atoms with Crippen LogP contribution in [0.2, 0.25) is 0 Å². The first-order valence-corrected chi connectivity index (χ1v) is 7.34. The minimum atomic E-state index is 0.547. The fraction of sp³-hybridized carbons (Fsp3) is 0.125. The maximum absolute atomic E-state index is 5.95. The van der Waals surface area contributed by atoms with Gasteiger partial charge in [0.15, 0.2) is 0 Å². The Kier molecular flexibility index (Phi) is 3.75. The SMILES string of the molecule is CNc1ncnc(Oc2ccc3ccccc3c2Br)c1C. The van der Waals surface area contributed by atoms with E-state index >= 15 is 0 Å². The summed E-state index contributed by atoms with van der Waals surface area (Å²) >= 11 is 3.62. The predicted octanol–water partition coefficient (Wildman–Crippen LogP) is 4.53. The number of aromatic nitrogens is 2. The summed E-state index contributed by atoms with van der Waals surface area (Å²) < 4.78 is 6.87. The summed E-state index contributed by atoms with van der Waals surface area (Å²) in [6.07, 6.45) is 1.49. The number of rotatable bonds is 3. The number of ether oxygens (including phenoxy) is 1. The van der Waals surface area contributed by atoms with E-state index in [4.69, 9.17) is 4.74 Å². The van der Waals surface area contributed by atoms with Gasteiger partial charge in [-0.1, -0.05) is 30.3 Å². The molecule has 0 aliphatic carbocycles. The van der Waals surface area contributed by atoms with Crippen LogP contribution < -0.4 is 10.1 Å². The molecular weight excluding hydrogens is 330 g/mol. The van der Waals surface area contributed by atoms with E-state index in [-0.39, 0.29) is 0 Å². The second kappa shape index (κ2) is 5.69. The molecule has 1 aromatic heterocycles. The predicted molar refractivity (Wildman–Crippen MR) is 88.0 cm³/mol. The van der Waals surface area contributed by atoms with E-state index in [1.807, 2.05) is 38.2 Å². The van der Waals surface area contributed by atoms with E-state index in [9.17, 15) is 0 Å². The highest BCUT2D eigenvalue weighted by Gasteiger charge is 2.11. The molecule has 21 heavy (non-hydrogen) atoms. The molecular formula is C16H14BrN3O. The lowest BCUT2D eigenvalue weighted by molar-refractivity contribution is 0.456. The van der Waals surface area contributed by atoms with E-state index in [1.54, 1.807) is 0 Å². The lowest BCUT2D eigenvalue weighted by Gasteiger charge is -2.12. The summed E-state index contributed by atoms with van der Waals surface area (Å²) in [5, 5.41) is 5.29. The molecule has 0 aliphatic heterocycles. The third kappa shape index (κ3) is 2.56. The van der Waals surface area contributed by atoms with Crippen LogP contribution >= 0.6 is 15.9 Å². The van der Waals surface area contributed by atoms with Crippen molar-refractivity contribution in [3.05, 3.63) is 52.8 Å². The molecule has 0 saturated heterocycles. The Balaban J connectivity index is 2.04. The van der Waals surface area contributed by atoms with Crippen LogP contribution in [-0.4, -0.2) is 17.0 Å². The Labute approximate surface area is 131 Å². The number of fused-ring (bicyclic) bond motifs is 1. The zero-order valence-corrected chi connectivity index (χ0v) is 13.3. The molecule has 0 saturated carbocycles.